The van der Waals surface area contributed by atoms with Gasteiger partial charge in [-0.1, -0.05) is 30.2 Å². The van der Waals surface area contributed by atoms with Gasteiger partial charge in [0.05, 0.1) is 0 Å². The Morgan fingerprint density at radius 2 is 1.83 bits per heavy atom. The molecule has 0 amide bonds. The zero-order chi connectivity index (χ0) is 10.9. The Hall–Kier alpha value is 0.600. The summed E-state index contributed by atoms with van der Waals surface area (Å²) >= 11 is 0. The zero-order valence-corrected chi connectivity index (χ0v) is 16.0. The Balaban J connectivity index is 0. The molecule has 0 saturated heterocycles. The van der Waals surface area contributed by atoms with E-state index in [1.165, 1.54) is 16.3 Å². The fourth-order valence-electron chi connectivity index (χ4n) is 2.05. The summed E-state index contributed by atoms with van der Waals surface area (Å²) in [6, 6.07) is 0. The van der Waals surface area contributed by atoms with Crippen molar-refractivity contribution in [1.29, 1.82) is 0 Å². The third kappa shape index (κ3) is 4.31. The first-order valence-corrected chi connectivity index (χ1v) is 8.29. The molecule has 100 valence electrons. The SMILES string of the molecule is CO[Si](C)(C)C1=C(C2=[C-]CC=C2)CC=C1.Cl.Cl.[Zr]. The van der Waals surface area contributed by atoms with Gasteiger partial charge in [-0.2, -0.15) is 17.7 Å². The van der Waals surface area contributed by atoms with Gasteiger partial charge < -0.3 is 4.43 Å². The van der Waals surface area contributed by atoms with Crippen LogP contribution in [0.2, 0.25) is 13.1 Å². The minimum absolute atomic E-state index is 0. The van der Waals surface area contributed by atoms with Gasteiger partial charge in [0.25, 0.3) is 0 Å². The summed E-state index contributed by atoms with van der Waals surface area (Å²) in [7, 11) is 0.148. The van der Waals surface area contributed by atoms with Crippen molar-refractivity contribution >= 4 is 33.1 Å². The van der Waals surface area contributed by atoms with E-state index < -0.39 is 8.32 Å². The summed E-state index contributed by atoms with van der Waals surface area (Å²) in [6.07, 6.45) is 14.2. The molecule has 2 aliphatic carbocycles. The second-order valence-corrected chi connectivity index (χ2v) is 8.38. The average Bonchev–Trinajstić information content (AvgIpc) is 2.87. The van der Waals surface area contributed by atoms with Gasteiger partial charge in [0.1, 0.15) is 0 Å². The van der Waals surface area contributed by atoms with Crippen LogP contribution in [-0.2, 0) is 30.6 Å². The van der Waals surface area contributed by atoms with Crippen LogP contribution in [0.3, 0.4) is 0 Å². The van der Waals surface area contributed by atoms with Crippen molar-refractivity contribution in [2.45, 2.75) is 25.9 Å². The third-order valence-corrected chi connectivity index (χ3v) is 5.90. The van der Waals surface area contributed by atoms with Crippen LogP contribution in [0.4, 0.5) is 0 Å². The maximum absolute atomic E-state index is 5.68. The first-order valence-electron chi connectivity index (χ1n) is 5.38. The third-order valence-electron chi connectivity index (χ3n) is 3.11. The van der Waals surface area contributed by atoms with Crippen LogP contribution >= 0.6 is 24.8 Å². The van der Waals surface area contributed by atoms with Crippen LogP contribution in [0.5, 0.6) is 0 Å². The summed E-state index contributed by atoms with van der Waals surface area (Å²) in [6.45, 7) is 4.49. The summed E-state index contributed by atoms with van der Waals surface area (Å²) in [5, 5.41) is 1.43. The van der Waals surface area contributed by atoms with Gasteiger partial charge in [-0.3, -0.25) is 0 Å². The number of allylic oxidation sites excluding steroid dienone is 8. The van der Waals surface area contributed by atoms with Gasteiger partial charge in [-0.15, -0.1) is 36.5 Å². The van der Waals surface area contributed by atoms with Crippen LogP contribution in [0, 0.1) is 6.08 Å². The van der Waals surface area contributed by atoms with Gasteiger partial charge in [0.2, 0.25) is 8.32 Å². The molecule has 2 aliphatic rings. The zero-order valence-electron chi connectivity index (χ0n) is 10.9. The van der Waals surface area contributed by atoms with Crippen LogP contribution in [-0.4, -0.2) is 15.4 Å². The van der Waals surface area contributed by atoms with Crippen molar-refractivity contribution in [2.75, 3.05) is 7.11 Å². The maximum Gasteiger partial charge on any atom is 0.205 e. The van der Waals surface area contributed by atoms with Gasteiger partial charge in [-0.25, -0.2) is 0 Å². The first-order chi connectivity index (χ1) is 7.15. The predicted molar refractivity (Wildman–Crippen MR) is 80.3 cm³/mol. The van der Waals surface area contributed by atoms with Gasteiger partial charge in [-0.05, 0) is 13.1 Å². The van der Waals surface area contributed by atoms with Crippen molar-refractivity contribution in [3.05, 3.63) is 46.7 Å². The van der Waals surface area contributed by atoms with E-state index in [4.69, 9.17) is 4.43 Å². The molecule has 5 heteroatoms. The predicted octanol–water partition coefficient (Wildman–Crippen LogP) is 4.16. The maximum atomic E-state index is 5.68. The molecular formula is C13H19Cl2OSiZr-. The summed E-state index contributed by atoms with van der Waals surface area (Å²) < 4.78 is 5.68. The van der Waals surface area contributed by atoms with E-state index in [0.29, 0.717) is 0 Å². The first kappa shape index (κ1) is 20.9. The van der Waals surface area contributed by atoms with Crippen molar-refractivity contribution in [3.63, 3.8) is 0 Å². The summed E-state index contributed by atoms with van der Waals surface area (Å²) in [5.74, 6) is 0. The van der Waals surface area contributed by atoms with E-state index in [1.807, 2.05) is 7.11 Å². The molecule has 0 aromatic rings. The van der Waals surface area contributed by atoms with Crippen molar-refractivity contribution in [2.24, 2.45) is 0 Å². The molecule has 0 aromatic heterocycles. The quantitative estimate of drug-likeness (QED) is 0.527. The molecule has 0 atom stereocenters. The smallest absolute Gasteiger partial charge is 0.205 e. The van der Waals surface area contributed by atoms with E-state index in [-0.39, 0.29) is 51.0 Å². The molecule has 0 radical (unpaired) electrons. The summed E-state index contributed by atoms with van der Waals surface area (Å²) in [4.78, 5) is 0. The minimum Gasteiger partial charge on any atom is -0.417 e. The molecule has 1 nitrogen and oxygen atoms in total. The molecule has 2 rings (SSSR count). The largest absolute Gasteiger partial charge is 0.417 e. The average molecular weight is 382 g/mol. The molecule has 0 heterocycles. The molecule has 18 heavy (non-hydrogen) atoms. The van der Waals surface area contributed by atoms with Crippen LogP contribution < -0.4 is 0 Å². The Morgan fingerprint density at radius 3 is 2.33 bits per heavy atom. The Bertz CT molecular complexity index is 398. The Kier molecular flexibility index (Phi) is 10.1. The van der Waals surface area contributed by atoms with Gasteiger partial charge >= 0.3 is 0 Å². The fraction of sp³-hybridized carbons (Fsp3) is 0.385. The molecule has 0 N–H and O–H groups in total. The summed E-state index contributed by atoms with van der Waals surface area (Å²) in [5.41, 5.74) is 2.72. The number of rotatable bonds is 3. The van der Waals surface area contributed by atoms with E-state index >= 15 is 0 Å². The Morgan fingerprint density at radius 1 is 1.17 bits per heavy atom. The number of hydrogen-bond donors (Lipinski definition) is 0. The number of hydrogen-bond acceptors (Lipinski definition) is 1. The molecule has 0 aromatic carbocycles. The molecule has 0 bridgehead atoms. The van der Waals surface area contributed by atoms with E-state index in [2.05, 4.69) is 43.5 Å². The van der Waals surface area contributed by atoms with Crippen molar-refractivity contribution in [3.8, 4) is 0 Å². The Labute approximate surface area is 143 Å². The minimum atomic E-state index is -1.68. The molecule has 0 saturated carbocycles. The molecule has 0 spiro atoms. The van der Waals surface area contributed by atoms with Gasteiger partial charge in [0.15, 0.2) is 0 Å². The fourth-order valence-corrected chi connectivity index (χ4v) is 3.75. The second kappa shape index (κ2) is 8.71. The van der Waals surface area contributed by atoms with E-state index in [0.717, 1.165) is 12.8 Å². The normalized spacial score (nSPS) is 16.9. The van der Waals surface area contributed by atoms with Crippen LogP contribution in [0.1, 0.15) is 12.8 Å². The second-order valence-electron chi connectivity index (χ2n) is 4.41. The van der Waals surface area contributed by atoms with Crippen LogP contribution in [0.25, 0.3) is 0 Å². The molecule has 0 fully saturated rings. The van der Waals surface area contributed by atoms with E-state index in [9.17, 15) is 0 Å². The monoisotopic (exact) mass is 379 g/mol. The van der Waals surface area contributed by atoms with Gasteiger partial charge in [0, 0.05) is 33.3 Å². The molecule has 0 unspecified atom stereocenters. The van der Waals surface area contributed by atoms with Crippen molar-refractivity contribution in [1.82, 2.24) is 0 Å². The molecule has 0 aliphatic heterocycles. The standard InChI is InChI=1S/C13H17OSi.2ClH.Zr/c1-14-15(2,3)13-10-6-9-12(13)11-7-4-5-8-11;;;/h4,6-7,10H,5,9H2,1-3H3;2*1H;/q-1;;;. The molecular weight excluding hydrogens is 362 g/mol. The van der Waals surface area contributed by atoms with Crippen LogP contribution in [0.15, 0.2) is 40.6 Å². The van der Waals surface area contributed by atoms with Crippen molar-refractivity contribution < 1.29 is 30.6 Å². The topological polar surface area (TPSA) is 9.23 Å². The number of halogens is 2. The van der Waals surface area contributed by atoms with E-state index in [1.54, 1.807) is 0 Å².